The van der Waals surface area contributed by atoms with Gasteiger partial charge in [0.05, 0.1) is 0 Å². The Kier molecular flexibility index (Phi) is 3.93. The van der Waals surface area contributed by atoms with E-state index in [-0.39, 0.29) is 5.02 Å². The first-order valence-corrected chi connectivity index (χ1v) is 4.75. The number of nitrogens with two attached hydrogens (primary N) is 1. The molecule has 84 valence electrons. The molecule has 0 aliphatic heterocycles. The molecule has 0 amide bonds. The molecule has 0 aromatic carbocycles. The highest BCUT2D eigenvalue weighted by Gasteiger charge is 2.33. The molecule has 15 heavy (non-hydrogen) atoms. The Morgan fingerprint density at radius 2 is 2.00 bits per heavy atom. The lowest BCUT2D eigenvalue weighted by molar-refractivity contribution is -0.141. The number of alkyl halides is 3. The van der Waals surface area contributed by atoms with Gasteiger partial charge in [0.15, 0.2) is 0 Å². The van der Waals surface area contributed by atoms with E-state index < -0.39 is 11.9 Å². The van der Waals surface area contributed by atoms with Crippen LogP contribution in [-0.2, 0) is 12.6 Å². The van der Waals surface area contributed by atoms with Crippen LogP contribution in [0.15, 0.2) is 12.1 Å². The highest BCUT2D eigenvalue weighted by molar-refractivity contribution is 6.30. The number of aromatic nitrogens is 1. The van der Waals surface area contributed by atoms with Gasteiger partial charge in [-0.3, -0.25) is 0 Å². The molecule has 0 aliphatic rings. The normalized spacial score (nSPS) is 11.8. The molecule has 2 nitrogen and oxygen atoms in total. The van der Waals surface area contributed by atoms with Crippen LogP contribution in [0, 0.1) is 0 Å². The van der Waals surface area contributed by atoms with Crippen LogP contribution in [0.4, 0.5) is 13.2 Å². The van der Waals surface area contributed by atoms with Gasteiger partial charge in [-0.1, -0.05) is 11.6 Å². The van der Waals surface area contributed by atoms with Crippen LogP contribution in [0.2, 0.25) is 5.02 Å². The van der Waals surface area contributed by atoms with Crippen LogP contribution >= 0.6 is 11.6 Å². The summed E-state index contributed by atoms with van der Waals surface area (Å²) in [6.07, 6.45) is -3.47. The molecule has 0 bridgehead atoms. The lowest BCUT2D eigenvalue weighted by Gasteiger charge is -2.08. The first-order valence-electron chi connectivity index (χ1n) is 4.37. The van der Waals surface area contributed by atoms with E-state index in [0.717, 1.165) is 6.07 Å². The average Bonchev–Trinajstić information content (AvgIpc) is 2.12. The van der Waals surface area contributed by atoms with Crippen molar-refractivity contribution in [2.45, 2.75) is 19.0 Å². The molecule has 0 aliphatic carbocycles. The van der Waals surface area contributed by atoms with E-state index in [9.17, 15) is 13.2 Å². The molecule has 0 saturated carbocycles. The van der Waals surface area contributed by atoms with Crippen LogP contribution in [0.25, 0.3) is 0 Å². The zero-order chi connectivity index (χ0) is 11.5. The Hall–Kier alpha value is -0.810. The second-order valence-electron chi connectivity index (χ2n) is 3.05. The number of nitrogens with zero attached hydrogens (tertiary/aromatic N) is 1. The van der Waals surface area contributed by atoms with Gasteiger partial charge in [0.25, 0.3) is 0 Å². The topological polar surface area (TPSA) is 38.9 Å². The van der Waals surface area contributed by atoms with Gasteiger partial charge in [0, 0.05) is 10.7 Å². The second-order valence-corrected chi connectivity index (χ2v) is 3.49. The number of aryl methyl sites for hydroxylation is 1. The molecular formula is C9H10ClF3N2. The van der Waals surface area contributed by atoms with Gasteiger partial charge in [0.2, 0.25) is 0 Å². The number of rotatable bonds is 3. The summed E-state index contributed by atoms with van der Waals surface area (Å²) in [6, 6.07) is 2.24. The summed E-state index contributed by atoms with van der Waals surface area (Å²) in [5.41, 5.74) is 4.62. The van der Waals surface area contributed by atoms with E-state index in [1.807, 2.05) is 0 Å². The van der Waals surface area contributed by atoms with Gasteiger partial charge in [0.1, 0.15) is 5.69 Å². The molecule has 0 atom stereocenters. The largest absolute Gasteiger partial charge is 0.433 e. The first kappa shape index (κ1) is 12.3. The first-order chi connectivity index (χ1) is 6.93. The van der Waals surface area contributed by atoms with E-state index in [4.69, 9.17) is 17.3 Å². The average molecular weight is 239 g/mol. The zero-order valence-electron chi connectivity index (χ0n) is 7.81. The second kappa shape index (κ2) is 4.81. The van der Waals surface area contributed by atoms with Gasteiger partial charge in [-0.15, -0.1) is 0 Å². The molecule has 0 fully saturated rings. The predicted molar refractivity (Wildman–Crippen MR) is 51.6 cm³/mol. The highest BCUT2D eigenvalue weighted by Crippen LogP contribution is 2.29. The minimum absolute atomic E-state index is 0.0457. The Bertz CT molecular complexity index is 339. The molecular weight excluding hydrogens is 229 g/mol. The Morgan fingerprint density at radius 3 is 2.53 bits per heavy atom. The SMILES string of the molecule is NCCCc1cc(Cl)cc(C(F)(F)F)n1. The quantitative estimate of drug-likeness (QED) is 0.879. The summed E-state index contributed by atoms with van der Waals surface area (Å²) in [5.74, 6) is 0. The van der Waals surface area contributed by atoms with Gasteiger partial charge in [-0.2, -0.15) is 13.2 Å². The Labute approximate surface area is 90.3 Å². The van der Waals surface area contributed by atoms with Crippen molar-refractivity contribution in [2.24, 2.45) is 5.73 Å². The predicted octanol–water partition coefficient (Wildman–Crippen LogP) is 2.65. The van der Waals surface area contributed by atoms with Gasteiger partial charge in [-0.05, 0) is 31.5 Å². The molecule has 0 unspecified atom stereocenters. The molecule has 1 aromatic heterocycles. The molecule has 1 heterocycles. The third-order valence-electron chi connectivity index (χ3n) is 1.77. The monoisotopic (exact) mass is 238 g/mol. The molecule has 6 heteroatoms. The van der Waals surface area contributed by atoms with Crippen LogP contribution in [0.1, 0.15) is 17.8 Å². The van der Waals surface area contributed by atoms with Crippen molar-refractivity contribution in [3.63, 3.8) is 0 Å². The molecule has 0 saturated heterocycles. The van der Waals surface area contributed by atoms with E-state index in [2.05, 4.69) is 4.98 Å². The minimum Gasteiger partial charge on any atom is -0.330 e. The van der Waals surface area contributed by atoms with E-state index in [1.54, 1.807) is 0 Å². The lowest BCUT2D eigenvalue weighted by Crippen LogP contribution is -2.10. The minimum atomic E-state index is -4.46. The molecule has 0 radical (unpaired) electrons. The van der Waals surface area contributed by atoms with E-state index in [0.29, 0.717) is 25.1 Å². The van der Waals surface area contributed by atoms with Crippen molar-refractivity contribution < 1.29 is 13.2 Å². The molecule has 0 spiro atoms. The van der Waals surface area contributed by atoms with Crippen molar-refractivity contribution in [1.29, 1.82) is 0 Å². The summed E-state index contributed by atoms with van der Waals surface area (Å²) in [5, 5.41) is 0.0457. The van der Waals surface area contributed by atoms with Gasteiger partial charge >= 0.3 is 6.18 Å². The fraction of sp³-hybridized carbons (Fsp3) is 0.444. The molecule has 1 rings (SSSR count). The summed E-state index contributed by atoms with van der Waals surface area (Å²) in [6.45, 7) is 0.412. The Morgan fingerprint density at radius 1 is 1.33 bits per heavy atom. The fourth-order valence-electron chi connectivity index (χ4n) is 1.11. The van der Waals surface area contributed by atoms with Gasteiger partial charge in [-0.25, -0.2) is 4.98 Å². The van der Waals surface area contributed by atoms with Gasteiger partial charge < -0.3 is 5.73 Å². The summed E-state index contributed by atoms with van der Waals surface area (Å²) in [7, 11) is 0. The van der Waals surface area contributed by atoms with Crippen molar-refractivity contribution in [3.8, 4) is 0 Å². The summed E-state index contributed by atoms with van der Waals surface area (Å²) in [4.78, 5) is 3.48. The molecule has 1 aromatic rings. The number of hydrogen-bond acceptors (Lipinski definition) is 2. The standard InChI is InChI=1S/C9H10ClF3N2/c10-6-4-7(2-1-3-14)15-8(5-6)9(11,12)13/h4-5H,1-3,14H2. The maximum atomic E-state index is 12.3. The summed E-state index contributed by atoms with van der Waals surface area (Å²) < 4.78 is 37.0. The van der Waals surface area contributed by atoms with Crippen molar-refractivity contribution >= 4 is 11.6 Å². The van der Waals surface area contributed by atoms with E-state index >= 15 is 0 Å². The summed E-state index contributed by atoms with van der Waals surface area (Å²) >= 11 is 5.56. The zero-order valence-corrected chi connectivity index (χ0v) is 8.57. The van der Waals surface area contributed by atoms with Crippen LogP contribution < -0.4 is 5.73 Å². The maximum absolute atomic E-state index is 12.3. The molecule has 2 N–H and O–H groups in total. The number of halogens is 4. The van der Waals surface area contributed by atoms with Crippen LogP contribution in [0.3, 0.4) is 0 Å². The van der Waals surface area contributed by atoms with Crippen LogP contribution in [0.5, 0.6) is 0 Å². The lowest BCUT2D eigenvalue weighted by atomic mass is 10.2. The van der Waals surface area contributed by atoms with Crippen LogP contribution in [-0.4, -0.2) is 11.5 Å². The van der Waals surface area contributed by atoms with Crippen molar-refractivity contribution in [2.75, 3.05) is 6.54 Å². The van der Waals surface area contributed by atoms with Crippen molar-refractivity contribution in [1.82, 2.24) is 4.98 Å². The number of pyridine rings is 1. The van der Waals surface area contributed by atoms with Crippen molar-refractivity contribution in [3.05, 3.63) is 28.5 Å². The maximum Gasteiger partial charge on any atom is 0.433 e. The third kappa shape index (κ3) is 3.68. The smallest absolute Gasteiger partial charge is 0.330 e. The Balaban J connectivity index is 2.95. The third-order valence-corrected chi connectivity index (χ3v) is 1.99. The van der Waals surface area contributed by atoms with E-state index in [1.165, 1.54) is 6.07 Å². The number of hydrogen-bond donors (Lipinski definition) is 1. The fourth-order valence-corrected chi connectivity index (χ4v) is 1.34. The highest BCUT2D eigenvalue weighted by atomic mass is 35.5.